The second-order valence-corrected chi connectivity index (χ2v) is 3.91. The van der Waals surface area contributed by atoms with Gasteiger partial charge in [0.05, 0.1) is 18.8 Å². The zero-order chi connectivity index (χ0) is 9.78. The van der Waals surface area contributed by atoms with Crippen LogP contribution in [0.4, 0.5) is 0 Å². The van der Waals surface area contributed by atoms with Gasteiger partial charge in [-0.05, 0) is 6.92 Å². The molecule has 0 fully saturated rings. The highest BCUT2D eigenvalue weighted by atomic mass is 32.2. The van der Waals surface area contributed by atoms with Crippen LogP contribution in [0.2, 0.25) is 0 Å². The third kappa shape index (κ3) is 5.44. The molecule has 0 aromatic heterocycles. The Hall–Kier alpha value is -0.210. The topological polar surface area (TPSA) is 107 Å². The Kier molecular flexibility index (Phi) is 4.64. The molecule has 2 atom stereocenters. The average Bonchev–Trinajstić information content (AvgIpc) is 1.85. The van der Waals surface area contributed by atoms with Crippen LogP contribution < -0.4 is 5.32 Å². The van der Waals surface area contributed by atoms with Crippen LogP contribution in [0.5, 0.6) is 0 Å². The summed E-state index contributed by atoms with van der Waals surface area (Å²) < 4.78 is 28.7. The highest BCUT2D eigenvalue weighted by molar-refractivity contribution is 7.85. The monoisotopic (exact) mass is 199 g/mol. The summed E-state index contributed by atoms with van der Waals surface area (Å²) in [4.78, 5) is 0. The molecule has 0 heterocycles. The molecular weight excluding hydrogens is 186 g/mol. The van der Waals surface area contributed by atoms with Crippen molar-refractivity contribution in [1.29, 1.82) is 0 Å². The molecule has 6 nitrogen and oxygen atoms in total. The SMILES string of the molecule is CC(O)C(CO)NCS(=O)(=O)O. The van der Waals surface area contributed by atoms with Crippen LogP contribution in [0, 0.1) is 0 Å². The van der Waals surface area contributed by atoms with Crippen molar-refractivity contribution < 1.29 is 23.2 Å². The number of aliphatic hydroxyl groups is 2. The number of nitrogens with one attached hydrogen (secondary N) is 1. The maximum atomic E-state index is 10.2. The normalized spacial score (nSPS) is 17.3. The highest BCUT2D eigenvalue weighted by Crippen LogP contribution is 1.91. The zero-order valence-electron chi connectivity index (χ0n) is 6.64. The van der Waals surface area contributed by atoms with Gasteiger partial charge in [0, 0.05) is 0 Å². The van der Waals surface area contributed by atoms with E-state index in [9.17, 15) is 8.42 Å². The molecule has 0 rings (SSSR count). The van der Waals surface area contributed by atoms with Crippen LogP contribution in [-0.4, -0.2) is 47.8 Å². The maximum absolute atomic E-state index is 10.2. The Labute approximate surface area is 71.0 Å². The molecular formula is C5H13NO5S. The molecule has 0 aromatic rings. The van der Waals surface area contributed by atoms with E-state index in [4.69, 9.17) is 14.8 Å². The van der Waals surface area contributed by atoms with E-state index in [1.54, 1.807) is 0 Å². The van der Waals surface area contributed by atoms with Gasteiger partial charge in [0.1, 0.15) is 5.88 Å². The molecule has 0 aliphatic rings. The molecule has 0 saturated carbocycles. The van der Waals surface area contributed by atoms with Crippen molar-refractivity contribution >= 4 is 10.1 Å². The molecule has 0 saturated heterocycles. The first-order valence-corrected chi connectivity index (χ1v) is 4.95. The molecule has 4 N–H and O–H groups in total. The van der Waals surface area contributed by atoms with E-state index in [2.05, 4.69) is 5.32 Å². The minimum Gasteiger partial charge on any atom is -0.395 e. The van der Waals surface area contributed by atoms with Crippen LogP contribution in [-0.2, 0) is 10.1 Å². The van der Waals surface area contributed by atoms with Crippen LogP contribution in [0.1, 0.15) is 6.92 Å². The Morgan fingerprint density at radius 1 is 1.50 bits per heavy atom. The molecule has 0 aromatic carbocycles. The first kappa shape index (κ1) is 11.8. The van der Waals surface area contributed by atoms with E-state index in [0.29, 0.717) is 0 Å². The third-order valence-corrected chi connectivity index (χ3v) is 1.84. The molecule has 74 valence electrons. The van der Waals surface area contributed by atoms with E-state index in [1.807, 2.05) is 0 Å². The minimum absolute atomic E-state index is 0.396. The lowest BCUT2D eigenvalue weighted by Crippen LogP contribution is -2.43. The van der Waals surface area contributed by atoms with Crippen LogP contribution in [0.25, 0.3) is 0 Å². The molecule has 0 aliphatic carbocycles. The van der Waals surface area contributed by atoms with Gasteiger partial charge < -0.3 is 10.2 Å². The van der Waals surface area contributed by atoms with Gasteiger partial charge in [-0.15, -0.1) is 0 Å². The summed E-state index contributed by atoms with van der Waals surface area (Å²) >= 11 is 0. The fourth-order valence-corrected chi connectivity index (χ4v) is 1.02. The van der Waals surface area contributed by atoms with Gasteiger partial charge in [-0.25, -0.2) is 0 Å². The summed E-state index contributed by atoms with van der Waals surface area (Å²) in [5.74, 6) is -0.677. The van der Waals surface area contributed by atoms with Crippen molar-refractivity contribution in [2.45, 2.75) is 19.1 Å². The third-order valence-electron chi connectivity index (χ3n) is 1.31. The Morgan fingerprint density at radius 2 is 2.00 bits per heavy atom. The molecule has 0 aliphatic heterocycles. The number of rotatable bonds is 5. The first-order chi connectivity index (χ1) is 5.37. The van der Waals surface area contributed by atoms with E-state index in [-0.39, 0.29) is 0 Å². The van der Waals surface area contributed by atoms with Gasteiger partial charge in [-0.1, -0.05) is 0 Å². The Morgan fingerprint density at radius 3 is 2.25 bits per heavy atom. The lowest BCUT2D eigenvalue weighted by Gasteiger charge is -2.17. The van der Waals surface area contributed by atoms with Gasteiger partial charge in [0.15, 0.2) is 0 Å². The molecule has 12 heavy (non-hydrogen) atoms. The lowest BCUT2D eigenvalue weighted by molar-refractivity contribution is 0.107. The van der Waals surface area contributed by atoms with E-state index in [1.165, 1.54) is 6.92 Å². The highest BCUT2D eigenvalue weighted by Gasteiger charge is 2.15. The van der Waals surface area contributed by atoms with Gasteiger partial charge in [0.2, 0.25) is 0 Å². The van der Waals surface area contributed by atoms with Gasteiger partial charge in [-0.3, -0.25) is 9.87 Å². The van der Waals surface area contributed by atoms with E-state index >= 15 is 0 Å². The van der Waals surface area contributed by atoms with Crippen molar-refractivity contribution in [3.63, 3.8) is 0 Å². The summed E-state index contributed by atoms with van der Waals surface area (Å²) in [7, 11) is -4.10. The molecule has 2 unspecified atom stereocenters. The second-order valence-electron chi connectivity index (χ2n) is 2.46. The molecule has 0 radical (unpaired) electrons. The largest absolute Gasteiger partial charge is 0.395 e. The smallest absolute Gasteiger partial charge is 0.278 e. The summed E-state index contributed by atoms with van der Waals surface area (Å²) in [6.07, 6.45) is -0.878. The summed E-state index contributed by atoms with van der Waals surface area (Å²) in [6, 6.07) is -0.744. The number of aliphatic hydroxyl groups excluding tert-OH is 2. The lowest BCUT2D eigenvalue weighted by atomic mass is 10.2. The van der Waals surface area contributed by atoms with Gasteiger partial charge >= 0.3 is 0 Å². The van der Waals surface area contributed by atoms with Gasteiger partial charge in [0.25, 0.3) is 10.1 Å². The van der Waals surface area contributed by atoms with Crippen molar-refractivity contribution in [2.24, 2.45) is 0 Å². The van der Waals surface area contributed by atoms with Crippen molar-refractivity contribution in [2.75, 3.05) is 12.5 Å². The predicted octanol–water partition coefficient (Wildman–Crippen LogP) is -1.84. The van der Waals surface area contributed by atoms with Crippen LogP contribution >= 0.6 is 0 Å². The Balaban J connectivity index is 3.90. The number of hydrogen-bond donors (Lipinski definition) is 4. The molecule has 0 amide bonds. The fourth-order valence-electron chi connectivity index (χ4n) is 0.600. The summed E-state index contributed by atoms with van der Waals surface area (Å²) in [6.45, 7) is 1.01. The first-order valence-electron chi connectivity index (χ1n) is 3.34. The quantitative estimate of drug-likeness (QED) is 0.388. The van der Waals surface area contributed by atoms with E-state index < -0.39 is 34.7 Å². The molecule has 0 bridgehead atoms. The van der Waals surface area contributed by atoms with Crippen LogP contribution in [0.15, 0.2) is 0 Å². The van der Waals surface area contributed by atoms with Gasteiger partial charge in [-0.2, -0.15) is 8.42 Å². The molecule has 7 heteroatoms. The standard InChI is InChI=1S/C5H13NO5S/c1-4(8)5(2-7)6-3-12(9,10)11/h4-8H,2-3H2,1H3,(H,9,10,11). The minimum atomic E-state index is -4.10. The second kappa shape index (κ2) is 4.73. The zero-order valence-corrected chi connectivity index (χ0v) is 7.45. The van der Waals surface area contributed by atoms with Crippen molar-refractivity contribution in [3.05, 3.63) is 0 Å². The van der Waals surface area contributed by atoms with Crippen LogP contribution in [0.3, 0.4) is 0 Å². The van der Waals surface area contributed by atoms with Crippen molar-refractivity contribution in [1.82, 2.24) is 5.32 Å². The van der Waals surface area contributed by atoms with E-state index in [0.717, 1.165) is 0 Å². The van der Waals surface area contributed by atoms with Crippen molar-refractivity contribution in [3.8, 4) is 0 Å². The maximum Gasteiger partial charge on any atom is 0.278 e. The summed E-state index contributed by atoms with van der Waals surface area (Å²) in [5, 5.41) is 19.8. The average molecular weight is 199 g/mol. The predicted molar refractivity (Wildman–Crippen MR) is 42.1 cm³/mol. The summed E-state index contributed by atoms with van der Waals surface area (Å²) in [5.41, 5.74) is 0. The fraction of sp³-hybridized carbons (Fsp3) is 1.00. The molecule has 0 spiro atoms. The Bertz CT molecular complexity index is 212. The number of hydrogen-bond acceptors (Lipinski definition) is 5.